The molecule has 0 spiro atoms. The molecule has 0 saturated heterocycles. The van der Waals surface area contributed by atoms with Gasteiger partial charge in [0.1, 0.15) is 0 Å². The second kappa shape index (κ2) is 6.84. The predicted molar refractivity (Wildman–Crippen MR) is 69.1 cm³/mol. The van der Waals surface area contributed by atoms with Crippen molar-refractivity contribution in [3.05, 3.63) is 35.9 Å². The molecule has 17 heavy (non-hydrogen) atoms. The zero-order valence-corrected chi connectivity index (χ0v) is 10.6. The van der Waals surface area contributed by atoms with Gasteiger partial charge in [0.25, 0.3) is 0 Å². The van der Waals surface area contributed by atoms with Crippen LogP contribution in [0.1, 0.15) is 39.2 Å². The summed E-state index contributed by atoms with van der Waals surface area (Å²) in [5.74, 6) is 0.203. The first kappa shape index (κ1) is 13.4. The van der Waals surface area contributed by atoms with Crippen LogP contribution in [0.15, 0.2) is 35.3 Å². The summed E-state index contributed by atoms with van der Waals surface area (Å²) in [5, 5.41) is 0. The molecule has 0 N–H and O–H groups in total. The van der Waals surface area contributed by atoms with Gasteiger partial charge in [0.05, 0.1) is 0 Å². The average Bonchev–Trinajstić information content (AvgIpc) is 2.73. The normalized spacial score (nSPS) is 17.9. The lowest BCUT2D eigenvalue weighted by molar-refractivity contribution is -0.134. The van der Waals surface area contributed by atoms with E-state index in [0.29, 0.717) is 12.3 Å². The van der Waals surface area contributed by atoms with Crippen molar-refractivity contribution in [2.75, 3.05) is 0 Å². The highest BCUT2D eigenvalue weighted by atomic mass is 16.6. The third-order valence-corrected chi connectivity index (χ3v) is 2.15. The Labute approximate surface area is 103 Å². The summed E-state index contributed by atoms with van der Waals surface area (Å²) in [6.45, 7) is 6.17. The molecular weight excluding hydrogens is 214 g/mol. The van der Waals surface area contributed by atoms with Gasteiger partial charge in [0.2, 0.25) is 5.90 Å². The molecule has 3 heteroatoms. The van der Waals surface area contributed by atoms with E-state index in [1.54, 1.807) is 0 Å². The van der Waals surface area contributed by atoms with Crippen molar-refractivity contribution >= 4 is 11.9 Å². The number of hydrogen-bond donors (Lipinski definition) is 0. The summed E-state index contributed by atoms with van der Waals surface area (Å²) >= 11 is 0. The van der Waals surface area contributed by atoms with Crippen LogP contribution in [0, 0.1) is 0 Å². The quantitative estimate of drug-likeness (QED) is 0.736. The van der Waals surface area contributed by atoms with Gasteiger partial charge < -0.3 is 4.74 Å². The van der Waals surface area contributed by atoms with Gasteiger partial charge in [-0.15, -0.1) is 0 Å². The van der Waals surface area contributed by atoms with Gasteiger partial charge in [-0.1, -0.05) is 45.4 Å². The number of nitrogens with zero attached hydrogens (tertiary/aromatic N) is 1. The summed E-state index contributed by atoms with van der Waals surface area (Å²) in [6.07, 6.45) is 1.94. The van der Waals surface area contributed by atoms with Crippen molar-refractivity contribution < 1.29 is 9.53 Å². The largest absolute Gasteiger partial charge is 0.406 e. The van der Waals surface area contributed by atoms with E-state index in [1.165, 1.54) is 6.42 Å². The van der Waals surface area contributed by atoms with Gasteiger partial charge in [0, 0.05) is 5.56 Å². The number of benzene rings is 1. The molecule has 0 bridgehead atoms. The van der Waals surface area contributed by atoms with Crippen LogP contribution in [0.5, 0.6) is 0 Å². The van der Waals surface area contributed by atoms with Crippen molar-refractivity contribution in [2.45, 2.75) is 39.7 Å². The first-order valence-electron chi connectivity index (χ1n) is 6.07. The highest BCUT2D eigenvalue weighted by Gasteiger charge is 2.27. The fraction of sp³-hybridized carbons (Fsp3) is 0.429. The molecule has 1 atom stereocenters. The Morgan fingerprint density at radius 3 is 2.24 bits per heavy atom. The molecule has 0 aliphatic carbocycles. The minimum absolute atomic E-state index is 0.244. The minimum Gasteiger partial charge on any atom is -0.406 e. The molecule has 0 amide bonds. The van der Waals surface area contributed by atoms with Gasteiger partial charge in [-0.05, 0) is 18.6 Å². The van der Waals surface area contributed by atoms with Crippen LogP contribution in [0.3, 0.4) is 0 Å². The highest BCUT2D eigenvalue weighted by molar-refractivity contribution is 6.06. The molecule has 1 aromatic rings. The SMILES string of the molecule is CCC.CCC1N=C(c2ccccc2)OC1=O. The van der Waals surface area contributed by atoms with Gasteiger partial charge in [-0.2, -0.15) is 0 Å². The summed E-state index contributed by atoms with van der Waals surface area (Å²) in [5.41, 5.74) is 0.858. The monoisotopic (exact) mass is 233 g/mol. The maximum absolute atomic E-state index is 11.3. The molecule has 2 rings (SSSR count). The average molecular weight is 233 g/mol. The molecule has 3 nitrogen and oxygen atoms in total. The van der Waals surface area contributed by atoms with Crippen LogP contribution < -0.4 is 0 Å². The number of carbonyl (C=O) groups is 1. The minimum atomic E-state index is -0.315. The van der Waals surface area contributed by atoms with Crippen LogP contribution in [-0.2, 0) is 9.53 Å². The van der Waals surface area contributed by atoms with Gasteiger partial charge in [-0.3, -0.25) is 0 Å². The second-order valence-corrected chi connectivity index (χ2v) is 3.85. The van der Waals surface area contributed by atoms with Crippen LogP contribution in [0.25, 0.3) is 0 Å². The number of carbonyl (C=O) groups excluding carboxylic acids is 1. The highest BCUT2D eigenvalue weighted by Crippen LogP contribution is 2.14. The smallest absolute Gasteiger partial charge is 0.337 e. The maximum Gasteiger partial charge on any atom is 0.337 e. The number of hydrogen-bond acceptors (Lipinski definition) is 3. The molecule has 0 fully saturated rings. The van der Waals surface area contributed by atoms with Crippen molar-refractivity contribution in [3.63, 3.8) is 0 Å². The van der Waals surface area contributed by atoms with Gasteiger partial charge in [-0.25, -0.2) is 9.79 Å². The van der Waals surface area contributed by atoms with Crippen LogP contribution in [-0.4, -0.2) is 17.9 Å². The lowest BCUT2D eigenvalue weighted by Gasteiger charge is -1.97. The van der Waals surface area contributed by atoms with Crippen molar-refractivity contribution in [1.82, 2.24) is 0 Å². The second-order valence-electron chi connectivity index (χ2n) is 3.85. The molecule has 0 aromatic heterocycles. The van der Waals surface area contributed by atoms with E-state index < -0.39 is 0 Å². The van der Waals surface area contributed by atoms with Crippen LogP contribution in [0.4, 0.5) is 0 Å². The molecule has 0 radical (unpaired) electrons. The third kappa shape index (κ3) is 3.70. The van der Waals surface area contributed by atoms with Gasteiger partial charge >= 0.3 is 5.97 Å². The van der Waals surface area contributed by atoms with Crippen molar-refractivity contribution in [2.24, 2.45) is 4.99 Å². The van der Waals surface area contributed by atoms with E-state index in [9.17, 15) is 4.79 Å². The summed E-state index contributed by atoms with van der Waals surface area (Å²) < 4.78 is 5.06. The molecule has 1 aromatic carbocycles. The molecular formula is C14H19NO2. The van der Waals surface area contributed by atoms with E-state index >= 15 is 0 Å². The molecule has 1 heterocycles. The maximum atomic E-state index is 11.3. The Balaban J connectivity index is 0.000000437. The number of aliphatic imine (C=N–C) groups is 1. The fourth-order valence-corrected chi connectivity index (χ4v) is 1.36. The molecule has 92 valence electrons. The lowest BCUT2D eigenvalue weighted by atomic mass is 10.2. The van der Waals surface area contributed by atoms with Crippen molar-refractivity contribution in [3.8, 4) is 0 Å². The molecule has 1 unspecified atom stereocenters. The van der Waals surface area contributed by atoms with E-state index in [0.717, 1.165) is 5.56 Å². The van der Waals surface area contributed by atoms with Crippen molar-refractivity contribution in [1.29, 1.82) is 0 Å². The number of esters is 1. The van der Waals surface area contributed by atoms with Gasteiger partial charge in [0.15, 0.2) is 6.04 Å². The first-order chi connectivity index (χ1) is 8.22. The summed E-state index contributed by atoms with van der Waals surface area (Å²) in [7, 11) is 0. The zero-order valence-electron chi connectivity index (χ0n) is 10.6. The Bertz CT molecular complexity index is 384. The number of rotatable bonds is 2. The summed E-state index contributed by atoms with van der Waals surface area (Å²) in [4.78, 5) is 15.5. The molecule has 1 aliphatic rings. The standard InChI is InChI=1S/C11H11NO2.C3H8/c1-2-9-11(13)14-10(12-9)8-6-4-3-5-7-8;1-3-2/h3-7,9H,2H2,1H3;3H2,1-2H3. The van der Waals surface area contributed by atoms with Crippen LogP contribution in [0.2, 0.25) is 0 Å². The van der Waals surface area contributed by atoms with E-state index in [4.69, 9.17) is 4.74 Å². The first-order valence-corrected chi connectivity index (χ1v) is 6.07. The fourth-order valence-electron chi connectivity index (χ4n) is 1.36. The Morgan fingerprint density at radius 2 is 1.76 bits per heavy atom. The number of cyclic esters (lactones) is 1. The Hall–Kier alpha value is -1.64. The van der Waals surface area contributed by atoms with Crippen LogP contribution >= 0.6 is 0 Å². The molecule has 1 aliphatic heterocycles. The summed E-state index contributed by atoms with van der Waals surface area (Å²) in [6, 6.07) is 9.15. The van der Waals surface area contributed by atoms with E-state index in [1.807, 2.05) is 37.3 Å². The molecule has 0 saturated carbocycles. The third-order valence-electron chi connectivity index (χ3n) is 2.15. The Kier molecular flexibility index (Phi) is 5.40. The van der Waals surface area contributed by atoms with E-state index in [2.05, 4.69) is 18.8 Å². The predicted octanol–water partition coefficient (Wildman–Crippen LogP) is 3.18. The number of ether oxygens (including phenoxy) is 1. The zero-order chi connectivity index (χ0) is 12.7. The topological polar surface area (TPSA) is 38.7 Å². The lowest BCUT2D eigenvalue weighted by Crippen LogP contribution is -2.13. The van der Waals surface area contributed by atoms with E-state index in [-0.39, 0.29) is 12.0 Å². The Morgan fingerprint density at radius 1 is 1.18 bits per heavy atom.